The fourth-order valence-corrected chi connectivity index (χ4v) is 2.84. The molecule has 2 aromatic carbocycles. The van der Waals surface area contributed by atoms with Crippen molar-refractivity contribution in [2.24, 2.45) is 5.10 Å². The van der Waals surface area contributed by atoms with E-state index in [1.54, 1.807) is 30.3 Å². The van der Waals surface area contributed by atoms with Gasteiger partial charge in [0.15, 0.2) is 23.0 Å². The molecule has 0 spiro atoms. The summed E-state index contributed by atoms with van der Waals surface area (Å²) in [6.45, 7) is 0.114. The minimum atomic E-state index is -0.776. The molecule has 1 atom stereocenters. The summed E-state index contributed by atoms with van der Waals surface area (Å²) in [5, 5.41) is 13.7. The summed E-state index contributed by atoms with van der Waals surface area (Å²) < 4.78 is 16.8. The van der Waals surface area contributed by atoms with Gasteiger partial charge in [0.05, 0.1) is 16.9 Å². The molecule has 2 N–H and O–H groups in total. The molecule has 0 saturated heterocycles. The van der Waals surface area contributed by atoms with Gasteiger partial charge in [-0.15, -0.1) is 0 Å². The monoisotopic (exact) mass is 454 g/mol. The third kappa shape index (κ3) is 3.95. The van der Waals surface area contributed by atoms with E-state index in [1.165, 1.54) is 13.3 Å². The first kappa shape index (κ1) is 17.3. The average Bonchev–Trinajstić information content (AvgIpc) is 2.63. The molecule has 0 radical (unpaired) electrons. The first-order valence-electron chi connectivity index (χ1n) is 7.36. The van der Waals surface area contributed by atoms with Crippen LogP contribution in [0.2, 0.25) is 0 Å². The number of para-hydroxylation sites is 2. The van der Waals surface area contributed by atoms with Crippen molar-refractivity contribution < 1.29 is 24.1 Å². The predicted molar refractivity (Wildman–Crippen MR) is 99.5 cm³/mol. The molecule has 0 fully saturated rings. The number of ether oxygens (including phenoxy) is 3. The van der Waals surface area contributed by atoms with E-state index in [2.05, 4.69) is 10.5 Å². The Balaban J connectivity index is 1.63. The Bertz CT molecular complexity index is 825. The number of hydrogen-bond acceptors (Lipinski definition) is 6. The number of hydrazone groups is 1. The second-order valence-corrected chi connectivity index (χ2v) is 6.31. The van der Waals surface area contributed by atoms with Crippen LogP contribution in [-0.4, -0.2) is 37.0 Å². The largest absolute Gasteiger partial charge is 0.504 e. The van der Waals surface area contributed by atoms with Crippen molar-refractivity contribution in [2.45, 2.75) is 6.10 Å². The maximum atomic E-state index is 12.1. The van der Waals surface area contributed by atoms with Crippen LogP contribution in [0.1, 0.15) is 5.56 Å². The third-order valence-corrected chi connectivity index (χ3v) is 4.28. The van der Waals surface area contributed by atoms with Crippen molar-refractivity contribution in [3.63, 3.8) is 0 Å². The highest BCUT2D eigenvalue weighted by Crippen LogP contribution is 2.32. The van der Waals surface area contributed by atoms with E-state index in [0.717, 1.165) is 0 Å². The maximum absolute atomic E-state index is 12.1. The second-order valence-electron chi connectivity index (χ2n) is 5.15. The number of benzene rings is 2. The molecule has 0 unspecified atom stereocenters. The van der Waals surface area contributed by atoms with Gasteiger partial charge in [-0.3, -0.25) is 4.79 Å². The summed E-state index contributed by atoms with van der Waals surface area (Å²) in [4.78, 5) is 12.1. The molecular weight excluding hydrogens is 439 g/mol. The Morgan fingerprint density at radius 3 is 2.92 bits per heavy atom. The van der Waals surface area contributed by atoms with Crippen LogP contribution in [0.25, 0.3) is 0 Å². The van der Waals surface area contributed by atoms with Crippen molar-refractivity contribution >= 4 is 34.7 Å². The van der Waals surface area contributed by atoms with Gasteiger partial charge in [-0.25, -0.2) is 5.43 Å². The molecule has 1 heterocycles. The van der Waals surface area contributed by atoms with Gasteiger partial charge in [0.1, 0.15) is 6.61 Å². The predicted octanol–water partition coefficient (Wildman–Crippen LogP) is 2.30. The lowest BCUT2D eigenvalue weighted by molar-refractivity contribution is -0.130. The number of nitrogens with one attached hydrogen (secondary N) is 1. The zero-order valence-corrected chi connectivity index (χ0v) is 15.4. The molecule has 1 aliphatic rings. The van der Waals surface area contributed by atoms with Crippen molar-refractivity contribution in [3.8, 4) is 23.0 Å². The van der Waals surface area contributed by atoms with Crippen LogP contribution < -0.4 is 19.6 Å². The normalized spacial score (nSPS) is 15.8. The van der Waals surface area contributed by atoms with Gasteiger partial charge in [-0.1, -0.05) is 12.1 Å². The van der Waals surface area contributed by atoms with E-state index >= 15 is 0 Å². The summed E-state index contributed by atoms with van der Waals surface area (Å²) in [5.74, 6) is 1.12. The fraction of sp³-hybridized carbons (Fsp3) is 0.176. The van der Waals surface area contributed by atoms with E-state index in [-0.39, 0.29) is 12.4 Å². The summed E-state index contributed by atoms with van der Waals surface area (Å²) in [7, 11) is 1.46. The Hall–Kier alpha value is -2.49. The van der Waals surface area contributed by atoms with Crippen molar-refractivity contribution in [2.75, 3.05) is 13.7 Å². The van der Waals surface area contributed by atoms with Gasteiger partial charge in [-0.05, 0) is 52.4 Å². The summed E-state index contributed by atoms with van der Waals surface area (Å²) in [5.41, 5.74) is 3.09. The number of hydrogen-bond donors (Lipinski definition) is 2. The quantitative estimate of drug-likeness (QED) is 0.421. The van der Waals surface area contributed by atoms with Crippen LogP contribution >= 0.6 is 22.6 Å². The molecule has 7 nitrogen and oxygen atoms in total. The highest BCUT2D eigenvalue weighted by Gasteiger charge is 2.26. The van der Waals surface area contributed by atoms with Gasteiger partial charge < -0.3 is 19.3 Å². The molecule has 0 saturated carbocycles. The van der Waals surface area contributed by atoms with E-state index < -0.39 is 12.0 Å². The van der Waals surface area contributed by atoms with Crippen LogP contribution in [0, 0.1) is 3.57 Å². The van der Waals surface area contributed by atoms with Crippen LogP contribution in [0.4, 0.5) is 0 Å². The number of methoxy groups -OCH3 is 1. The van der Waals surface area contributed by atoms with Crippen LogP contribution in [0.3, 0.4) is 0 Å². The van der Waals surface area contributed by atoms with E-state index in [4.69, 9.17) is 14.2 Å². The first-order chi connectivity index (χ1) is 12.1. The minimum Gasteiger partial charge on any atom is -0.504 e. The summed E-state index contributed by atoms with van der Waals surface area (Å²) in [6.07, 6.45) is 0.682. The number of amides is 1. The second kappa shape index (κ2) is 7.60. The highest BCUT2D eigenvalue weighted by atomic mass is 127. The molecule has 0 aromatic heterocycles. The van der Waals surface area contributed by atoms with Gasteiger partial charge in [0.25, 0.3) is 5.91 Å². The number of carbonyl (C=O) groups is 1. The number of halogens is 1. The molecule has 1 aliphatic heterocycles. The number of aromatic hydroxyl groups is 1. The van der Waals surface area contributed by atoms with Gasteiger partial charge >= 0.3 is 0 Å². The Kier molecular flexibility index (Phi) is 5.27. The summed E-state index contributed by atoms with van der Waals surface area (Å²) in [6, 6.07) is 10.5. The van der Waals surface area contributed by atoms with Gasteiger partial charge in [0.2, 0.25) is 6.10 Å². The van der Waals surface area contributed by atoms with Crippen LogP contribution in [0.15, 0.2) is 41.5 Å². The average molecular weight is 454 g/mol. The van der Waals surface area contributed by atoms with Gasteiger partial charge in [-0.2, -0.15) is 5.10 Å². The van der Waals surface area contributed by atoms with E-state index in [9.17, 15) is 9.90 Å². The number of rotatable bonds is 4. The Labute approximate surface area is 157 Å². The maximum Gasteiger partial charge on any atom is 0.284 e. The molecule has 2 aromatic rings. The molecule has 0 aliphatic carbocycles. The molecule has 3 rings (SSSR count). The Morgan fingerprint density at radius 1 is 1.40 bits per heavy atom. The number of fused-ring (bicyclic) bond motifs is 1. The molecular formula is C17H15IN2O5. The van der Waals surface area contributed by atoms with Crippen molar-refractivity contribution in [1.29, 1.82) is 0 Å². The number of carbonyl (C=O) groups excluding carboxylic acids is 1. The highest BCUT2D eigenvalue weighted by molar-refractivity contribution is 14.1. The zero-order chi connectivity index (χ0) is 17.8. The number of phenols is 1. The van der Waals surface area contributed by atoms with Crippen molar-refractivity contribution in [3.05, 3.63) is 45.5 Å². The smallest absolute Gasteiger partial charge is 0.284 e. The van der Waals surface area contributed by atoms with E-state index in [1.807, 2.05) is 28.7 Å². The molecule has 0 bridgehead atoms. The van der Waals surface area contributed by atoms with Crippen molar-refractivity contribution in [1.82, 2.24) is 5.43 Å². The van der Waals surface area contributed by atoms with E-state index in [0.29, 0.717) is 26.4 Å². The fourth-order valence-electron chi connectivity index (χ4n) is 2.22. The van der Waals surface area contributed by atoms with Crippen LogP contribution in [-0.2, 0) is 4.79 Å². The summed E-state index contributed by atoms with van der Waals surface area (Å²) >= 11 is 1.98. The number of phenolic OH excluding ortho intramolecular Hbond substituents is 1. The lowest BCUT2D eigenvalue weighted by Gasteiger charge is -2.24. The number of nitrogens with zero attached hydrogens (tertiary/aromatic N) is 1. The molecule has 8 heteroatoms. The topological polar surface area (TPSA) is 89.4 Å². The lowest BCUT2D eigenvalue weighted by Crippen LogP contribution is -2.42. The first-order valence-corrected chi connectivity index (χ1v) is 8.44. The zero-order valence-electron chi connectivity index (χ0n) is 13.2. The molecule has 1 amide bonds. The third-order valence-electron chi connectivity index (χ3n) is 3.46. The SMILES string of the molecule is COc1cc(/C=N\NC(=O)[C@H]2COc3ccccc3O2)cc(I)c1O. The van der Waals surface area contributed by atoms with Crippen LogP contribution in [0.5, 0.6) is 23.0 Å². The van der Waals surface area contributed by atoms with Gasteiger partial charge in [0, 0.05) is 0 Å². The molecule has 25 heavy (non-hydrogen) atoms. The standard InChI is InChI=1S/C17H15IN2O5/c1-23-14-7-10(6-11(18)16(14)21)8-19-20-17(22)15-9-24-12-4-2-3-5-13(12)25-15/h2-8,15,21H,9H2,1H3,(H,20,22)/b19-8-/t15-/m1/s1. The molecule has 130 valence electrons. The lowest BCUT2D eigenvalue weighted by atomic mass is 10.2. The Morgan fingerprint density at radius 2 is 2.16 bits per heavy atom. The minimum absolute atomic E-state index is 0.0655.